The van der Waals surface area contributed by atoms with Crippen LogP contribution in [0.15, 0.2) is 18.2 Å². The molecule has 0 saturated carbocycles. The molecule has 22 heavy (non-hydrogen) atoms. The van der Waals surface area contributed by atoms with Crippen molar-refractivity contribution in [2.75, 3.05) is 13.2 Å². The third-order valence-corrected chi connectivity index (χ3v) is 3.70. The van der Waals surface area contributed by atoms with Gasteiger partial charge in [-0.25, -0.2) is 0 Å². The van der Waals surface area contributed by atoms with E-state index >= 15 is 0 Å². The van der Waals surface area contributed by atoms with Crippen LogP contribution in [0.1, 0.15) is 70.8 Å². The summed E-state index contributed by atoms with van der Waals surface area (Å²) in [6, 6.07) is 5.69. The first-order chi connectivity index (χ1) is 10.8. The molecule has 0 saturated heterocycles. The normalized spacial score (nSPS) is 10.7. The van der Waals surface area contributed by atoms with Crippen molar-refractivity contribution in [2.24, 2.45) is 0 Å². The molecule has 0 aliphatic heterocycles. The van der Waals surface area contributed by atoms with Gasteiger partial charge >= 0.3 is 0 Å². The molecule has 0 radical (unpaired) electrons. The van der Waals surface area contributed by atoms with Crippen molar-refractivity contribution in [1.29, 1.82) is 0 Å². The first-order valence-electron chi connectivity index (χ1n) is 8.81. The first-order valence-corrected chi connectivity index (χ1v) is 8.81. The predicted molar refractivity (Wildman–Crippen MR) is 91.6 cm³/mol. The van der Waals surface area contributed by atoms with E-state index in [9.17, 15) is 5.11 Å². The minimum atomic E-state index is 0.0307. The van der Waals surface area contributed by atoms with Gasteiger partial charge in [0.2, 0.25) is 0 Å². The zero-order valence-corrected chi connectivity index (χ0v) is 14.3. The number of hydrogen-bond acceptors (Lipinski definition) is 3. The molecule has 3 heteroatoms. The van der Waals surface area contributed by atoms with Gasteiger partial charge in [-0.1, -0.05) is 58.4 Å². The number of aliphatic hydroxyl groups excluding tert-OH is 1. The van der Waals surface area contributed by atoms with E-state index in [1.54, 1.807) is 0 Å². The van der Waals surface area contributed by atoms with Crippen LogP contribution in [0.2, 0.25) is 0 Å². The highest BCUT2D eigenvalue weighted by atomic mass is 16.5. The Labute approximate surface area is 135 Å². The van der Waals surface area contributed by atoms with E-state index in [1.165, 1.54) is 38.5 Å². The van der Waals surface area contributed by atoms with Crippen LogP contribution in [0.3, 0.4) is 0 Å². The SMILES string of the molecule is CCCCCCOc1ccc(CO)cc1OCCCCCC. The van der Waals surface area contributed by atoms with Crippen LogP contribution in [0, 0.1) is 0 Å². The van der Waals surface area contributed by atoms with Gasteiger partial charge in [0.1, 0.15) is 0 Å². The number of hydrogen-bond donors (Lipinski definition) is 1. The standard InChI is InChI=1S/C19H32O3/c1-3-5-7-9-13-21-18-12-11-17(16-20)15-19(18)22-14-10-8-6-4-2/h11-12,15,20H,3-10,13-14,16H2,1-2H3. The highest BCUT2D eigenvalue weighted by molar-refractivity contribution is 5.42. The Morgan fingerprint density at radius 2 is 1.36 bits per heavy atom. The third kappa shape index (κ3) is 7.69. The molecule has 0 fully saturated rings. The fourth-order valence-corrected chi connectivity index (χ4v) is 2.30. The summed E-state index contributed by atoms with van der Waals surface area (Å²) >= 11 is 0. The minimum absolute atomic E-state index is 0.0307. The Morgan fingerprint density at radius 1 is 0.773 bits per heavy atom. The summed E-state index contributed by atoms with van der Waals surface area (Å²) in [7, 11) is 0. The second-order valence-corrected chi connectivity index (χ2v) is 5.76. The number of ether oxygens (including phenoxy) is 2. The van der Waals surface area contributed by atoms with Crippen LogP contribution >= 0.6 is 0 Å². The fourth-order valence-electron chi connectivity index (χ4n) is 2.30. The van der Waals surface area contributed by atoms with Crippen molar-refractivity contribution in [1.82, 2.24) is 0 Å². The Bertz CT molecular complexity index is 390. The van der Waals surface area contributed by atoms with Crippen molar-refractivity contribution in [3.8, 4) is 11.5 Å². The number of benzene rings is 1. The second-order valence-electron chi connectivity index (χ2n) is 5.76. The summed E-state index contributed by atoms with van der Waals surface area (Å²) in [5.74, 6) is 1.56. The van der Waals surface area contributed by atoms with Gasteiger partial charge < -0.3 is 14.6 Å². The summed E-state index contributed by atoms with van der Waals surface area (Å²) in [6.07, 6.45) is 9.51. The molecule has 0 spiro atoms. The van der Waals surface area contributed by atoms with Crippen molar-refractivity contribution in [3.05, 3.63) is 23.8 Å². The van der Waals surface area contributed by atoms with E-state index in [1.807, 2.05) is 18.2 Å². The maximum absolute atomic E-state index is 9.27. The minimum Gasteiger partial charge on any atom is -0.490 e. The number of aliphatic hydroxyl groups is 1. The molecule has 1 rings (SSSR count). The molecular formula is C19H32O3. The Morgan fingerprint density at radius 3 is 1.91 bits per heavy atom. The van der Waals surface area contributed by atoms with E-state index in [2.05, 4.69) is 13.8 Å². The summed E-state index contributed by atoms with van der Waals surface area (Å²) in [5, 5.41) is 9.27. The van der Waals surface area contributed by atoms with E-state index < -0.39 is 0 Å². The molecule has 0 aromatic heterocycles. The third-order valence-electron chi connectivity index (χ3n) is 3.70. The molecule has 0 unspecified atom stereocenters. The summed E-state index contributed by atoms with van der Waals surface area (Å²) in [6.45, 7) is 5.88. The average Bonchev–Trinajstić information content (AvgIpc) is 2.55. The van der Waals surface area contributed by atoms with Gasteiger partial charge in [0.15, 0.2) is 11.5 Å². The van der Waals surface area contributed by atoms with E-state index in [-0.39, 0.29) is 6.61 Å². The lowest BCUT2D eigenvalue weighted by Gasteiger charge is -2.14. The highest BCUT2D eigenvalue weighted by Gasteiger charge is 2.07. The van der Waals surface area contributed by atoms with Crippen molar-refractivity contribution < 1.29 is 14.6 Å². The van der Waals surface area contributed by atoms with Crippen molar-refractivity contribution in [2.45, 2.75) is 71.8 Å². The van der Waals surface area contributed by atoms with E-state index in [0.717, 1.165) is 36.5 Å². The van der Waals surface area contributed by atoms with Crippen LogP contribution in [0.25, 0.3) is 0 Å². The number of rotatable bonds is 13. The van der Waals surface area contributed by atoms with Crippen LogP contribution < -0.4 is 9.47 Å². The maximum atomic E-state index is 9.27. The smallest absolute Gasteiger partial charge is 0.161 e. The molecule has 3 nitrogen and oxygen atoms in total. The molecule has 0 atom stereocenters. The van der Waals surface area contributed by atoms with Gasteiger partial charge in [0.25, 0.3) is 0 Å². The quantitative estimate of drug-likeness (QED) is 0.515. The summed E-state index contributed by atoms with van der Waals surface area (Å²) in [4.78, 5) is 0. The lowest BCUT2D eigenvalue weighted by molar-refractivity contribution is 0.255. The van der Waals surface area contributed by atoms with Gasteiger partial charge in [-0.3, -0.25) is 0 Å². The van der Waals surface area contributed by atoms with Gasteiger partial charge in [0.05, 0.1) is 19.8 Å². The summed E-state index contributed by atoms with van der Waals surface area (Å²) < 4.78 is 11.7. The van der Waals surface area contributed by atoms with E-state index in [0.29, 0.717) is 6.61 Å². The molecule has 0 aliphatic carbocycles. The highest BCUT2D eigenvalue weighted by Crippen LogP contribution is 2.29. The summed E-state index contributed by atoms with van der Waals surface area (Å²) in [5.41, 5.74) is 0.863. The lowest BCUT2D eigenvalue weighted by Crippen LogP contribution is -2.03. The Kier molecular flexibility index (Phi) is 10.6. The van der Waals surface area contributed by atoms with Crippen molar-refractivity contribution in [3.63, 3.8) is 0 Å². The van der Waals surface area contributed by atoms with Crippen LogP contribution in [0.4, 0.5) is 0 Å². The fraction of sp³-hybridized carbons (Fsp3) is 0.684. The predicted octanol–water partition coefficient (Wildman–Crippen LogP) is 5.10. The molecule has 0 bridgehead atoms. The number of unbranched alkanes of at least 4 members (excludes halogenated alkanes) is 6. The maximum Gasteiger partial charge on any atom is 0.161 e. The molecule has 0 heterocycles. The zero-order chi connectivity index (χ0) is 16.0. The Balaban J connectivity index is 2.47. The largest absolute Gasteiger partial charge is 0.490 e. The molecule has 1 N–H and O–H groups in total. The average molecular weight is 308 g/mol. The first kappa shape index (κ1) is 18.8. The van der Waals surface area contributed by atoms with Gasteiger partial charge in [0, 0.05) is 0 Å². The van der Waals surface area contributed by atoms with Crippen molar-refractivity contribution >= 4 is 0 Å². The molecule has 0 amide bonds. The van der Waals surface area contributed by atoms with Gasteiger partial charge in [-0.15, -0.1) is 0 Å². The molecular weight excluding hydrogens is 276 g/mol. The van der Waals surface area contributed by atoms with Crippen LogP contribution in [0.5, 0.6) is 11.5 Å². The molecule has 1 aromatic rings. The van der Waals surface area contributed by atoms with Gasteiger partial charge in [-0.05, 0) is 30.5 Å². The zero-order valence-electron chi connectivity index (χ0n) is 14.3. The Hall–Kier alpha value is -1.22. The van der Waals surface area contributed by atoms with Crippen LogP contribution in [-0.2, 0) is 6.61 Å². The molecule has 126 valence electrons. The molecule has 1 aromatic carbocycles. The molecule has 0 aliphatic rings. The monoisotopic (exact) mass is 308 g/mol. The second kappa shape index (κ2) is 12.3. The van der Waals surface area contributed by atoms with Gasteiger partial charge in [-0.2, -0.15) is 0 Å². The lowest BCUT2D eigenvalue weighted by atomic mass is 10.2. The topological polar surface area (TPSA) is 38.7 Å². The van der Waals surface area contributed by atoms with E-state index in [4.69, 9.17) is 9.47 Å². The van der Waals surface area contributed by atoms with Crippen LogP contribution in [-0.4, -0.2) is 18.3 Å².